The molecule has 1 aromatic heterocycles. The molecule has 0 bridgehead atoms. The molecular formula is C24H19ClFN3O2. The number of hydrogen-bond donors (Lipinski definition) is 1. The van der Waals surface area contributed by atoms with Gasteiger partial charge in [0.05, 0.1) is 17.3 Å². The zero-order chi connectivity index (χ0) is 22.0. The van der Waals surface area contributed by atoms with Crippen LogP contribution in [-0.2, 0) is 11.3 Å². The fraction of sp³-hybridized carbons (Fsp3) is 0.125. The minimum absolute atomic E-state index is 0.204. The van der Waals surface area contributed by atoms with Gasteiger partial charge in [0.25, 0.3) is 0 Å². The molecule has 1 atom stereocenters. The monoisotopic (exact) mass is 435 g/mol. The van der Waals surface area contributed by atoms with Crippen molar-refractivity contribution in [3.8, 4) is 11.3 Å². The lowest BCUT2D eigenvalue weighted by molar-refractivity contribution is -0.122. The van der Waals surface area contributed by atoms with E-state index in [0.29, 0.717) is 21.6 Å². The molecule has 0 fully saturated rings. The Morgan fingerprint density at radius 1 is 1.10 bits per heavy atom. The molecule has 0 aliphatic rings. The lowest BCUT2D eigenvalue weighted by atomic mass is 10.1. The van der Waals surface area contributed by atoms with E-state index < -0.39 is 5.69 Å². The van der Waals surface area contributed by atoms with Gasteiger partial charge >= 0.3 is 5.69 Å². The first kappa shape index (κ1) is 20.8. The number of carbonyl (C=O) groups excluding carboxylic acids is 1. The third kappa shape index (κ3) is 4.49. The van der Waals surface area contributed by atoms with Crippen LogP contribution in [-0.4, -0.2) is 15.5 Å². The predicted molar refractivity (Wildman–Crippen MR) is 119 cm³/mol. The van der Waals surface area contributed by atoms with E-state index >= 15 is 0 Å². The minimum Gasteiger partial charge on any atom is -0.348 e. The Morgan fingerprint density at radius 3 is 2.52 bits per heavy atom. The third-order valence-corrected chi connectivity index (χ3v) is 5.27. The van der Waals surface area contributed by atoms with Crippen LogP contribution in [0.3, 0.4) is 0 Å². The van der Waals surface area contributed by atoms with E-state index in [2.05, 4.69) is 10.3 Å². The Labute approximate surface area is 183 Å². The maximum Gasteiger partial charge on any atom is 0.349 e. The van der Waals surface area contributed by atoms with Crippen LogP contribution in [0.25, 0.3) is 22.2 Å². The van der Waals surface area contributed by atoms with Crippen molar-refractivity contribution in [2.45, 2.75) is 19.5 Å². The number of carbonyl (C=O) groups is 1. The van der Waals surface area contributed by atoms with Gasteiger partial charge in [-0.2, -0.15) is 4.98 Å². The van der Waals surface area contributed by atoms with Crippen LogP contribution in [0.1, 0.15) is 18.5 Å². The van der Waals surface area contributed by atoms with E-state index in [1.165, 1.54) is 16.7 Å². The van der Waals surface area contributed by atoms with Crippen LogP contribution in [0.5, 0.6) is 0 Å². The Morgan fingerprint density at radius 2 is 1.81 bits per heavy atom. The Kier molecular flexibility index (Phi) is 5.82. The van der Waals surface area contributed by atoms with Gasteiger partial charge in [-0.3, -0.25) is 9.36 Å². The highest BCUT2D eigenvalue weighted by atomic mass is 35.5. The molecule has 0 radical (unpaired) electrons. The molecule has 0 saturated carbocycles. The van der Waals surface area contributed by atoms with Gasteiger partial charge in [-0.25, -0.2) is 9.18 Å². The van der Waals surface area contributed by atoms with Crippen molar-refractivity contribution in [1.29, 1.82) is 0 Å². The number of fused-ring (bicyclic) bond motifs is 1. The normalized spacial score (nSPS) is 12.0. The number of halogens is 2. The Hall–Kier alpha value is -3.51. The number of hydrogen-bond acceptors (Lipinski definition) is 3. The molecule has 156 valence electrons. The van der Waals surface area contributed by atoms with Gasteiger partial charge in [-0.1, -0.05) is 54.1 Å². The molecule has 5 nitrogen and oxygen atoms in total. The smallest absolute Gasteiger partial charge is 0.348 e. The molecule has 1 amide bonds. The van der Waals surface area contributed by atoms with Gasteiger partial charge in [-0.15, -0.1) is 0 Å². The second kappa shape index (κ2) is 8.70. The van der Waals surface area contributed by atoms with Crippen molar-refractivity contribution in [2.75, 3.05) is 0 Å². The van der Waals surface area contributed by atoms with E-state index in [-0.39, 0.29) is 24.3 Å². The van der Waals surface area contributed by atoms with Gasteiger partial charge < -0.3 is 5.32 Å². The number of amides is 1. The van der Waals surface area contributed by atoms with Crippen molar-refractivity contribution in [2.24, 2.45) is 0 Å². The first-order chi connectivity index (χ1) is 14.9. The largest absolute Gasteiger partial charge is 0.349 e. The molecule has 1 heterocycles. The molecule has 0 spiro atoms. The summed E-state index contributed by atoms with van der Waals surface area (Å²) < 4.78 is 14.5. The molecule has 3 aromatic carbocycles. The highest BCUT2D eigenvalue weighted by Crippen LogP contribution is 2.27. The second-order valence-corrected chi connectivity index (χ2v) is 7.63. The highest BCUT2D eigenvalue weighted by molar-refractivity contribution is 6.31. The zero-order valence-corrected chi connectivity index (χ0v) is 17.4. The topological polar surface area (TPSA) is 64.0 Å². The summed E-state index contributed by atoms with van der Waals surface area (Å²) in [5.74, 6) is -0.701. The van der Waals surface area contributed by atoms with Gasteiger partial charge in [0.1, 0.15) is 12.4 Å². The van der Waals surface area contributed by atoms with Crippen molar-refractivity contribution in [3.05, 3.63) is 99.7 Å². The number of nitrogens with one attached hydrogen (secondary N) is 1. The Bertz CT molecular complexity index is 1300. The summed E-state index contributed by atoms with van der Waals surface area (Å²) in [6, 6.07) is 20.0. The lowest BCUT2D eigenvalue weighted by Crippen LogP contribution is -2.35. The van der Waals surface area contributed by atoms with Crippen molar-refractivity contribution in [3.63, 3.8) is 0 Å². The molecule has 1 N–H and O–H groups in total. The van der Waals surface area contributed by atoms with Crippen LogP contribution in [0.4, 0.5) is 4.39 Å². The minimum atomic E-state index is -0.529. The standard InChI is InChI=1S/C24H19ClFN3O2/c1-15(16-7-10-19(26)11-8-16)27-22(30)14-29-21-12-9-18(25)13-20(21)23(28-24(29)31)17-5-3-2-4-6-17/h2-13,15H,14H2,1H3,(H,27,30). The Balaban J connectivity index is 1.68. The van der Waals surface area contributed by atoms with Crippen molar-refractivity contribution < 1.29 is 9.18 Å². The summed E-state index contributed by atoms with van der Waals surface area (Å²) in [6.07, 6.45) is 0. The molecular weight excluding hydrogens is 417 g/mol. The summed E-state index contributed by atoms with van der Waals surface area (Å²) in [5.41, 5.74) is 2.09. The summed E-state index contributed by atoms with van der Waals surface area (Å²) >= 11 is 6.20. The van der Waals surface area contributed by atoms with Crippen LogP contribution in [0, 0.1) is 5.82 Å². The number of rotatable bonds is 5. The average Bonchev–Trinajstić information content (AvgIpc) is 2.76. The van der Waals surface area contributed by atoms with E-state index in [1.54, 1.807) is 37.3 Å². The molecule has 0 saturated heterocycles. The van der Waals surface area contributed by atoms with Gasteiger partial charge in [0.15, 0.2) is 0 Å². The summed E-state index contributed by atoms with van der Waals surface area (Å²) in [7, 11) is 0. The summed E-state index contributed by atoms with van der Waals surface area (Å²) in [4.78, 5) is 29.8. The van der Waals surface area contributed by atoms with E-state index in [1.807, 2.05) is 30.3 Å². The zero-order valence-electron chi connectivity index (χ0n) is 16.7. The van der Waals surface area contributed by atoms with Gasteiger partial charge in [0.2, 0.25) is 5.91 Å². The molecule has 0 aliphatic carbocycles. The average molecular weight is 436 g/mol. The van der Waals surface area contributed by atoms with Gasteiger partial charge in [0, 0.05) is 16.0 Å². The van der Waals surface area contributed by atoms with Crippen LogP contribution < -0.4 is 11.0 Å². The molecule has 0 aliphatic heterocycles. The first-order valence-corrected chi connectivity index (χ1v) is 10.1. The molecule has 7 heteroatoms. The number of benzene rings is 3. The lowest BCUT2D eigenvalue weighted by Gasteiger charge is -2.16. The maximum atomic E-state index is 13.1. The second-order valence-electron chi connectivity index (χ2n) is 7.20. The SMILES string of the molecule is CC(NC(=O)Cn1c(=O)nc(-c2ccccc2)c2cc(Cl)ccc21)c1ccc(F)cc1. The molecule has 4 aromatic rings. The van der Waals surface area contributed by atoms with E-state index in [0.717, 1.165) is 11.1 Å². The summed E-state index contributed by atoms with van der Waals surface area (Å²) in [6.45, 7) is 1.59. The number of aromatic nitrogens is 2. The number of nitrogens with zero attached hydrogens (tertiary/aromatic N) is 2. The maximum absolute atomic E-state index is 13.1. The van der Waals surface area contributed by atoms with Gasteiger partial charge in [-0.05, 0) is 42.8 Å². The quantitative estimate of drug-likeness (QED) is 0.492. The highest BCUT2D eigenvalue weighted by Gasteiger charge is 2.16. The predicted octanol–water partition coefficient (Wildman–Crippen LogP) is 4.73. The van der Waals surface area contributed by atoms with Crippen LogP contribution in [0.15, 0.2) is 77.6 Å². The molecule has 1 unspecified atom stereocenters. The van der Waals surface area contributed by atoms with E-state index in [4.69, 9.17) is 11.6 Å². The fourth-order valence-corrected chi connectivity index (χ4v) is 3.66. The third-order valence-electron chi connectivity index (χ3n) is 5.04. The van der Waals surface area contributed by atoms with Crippen molar-refractivity contribution >= 4 is 28.4 Å². The van der Waals surface area contributed by atoms with E-state index in [9.17, 15) is 14.0 Å². The fourth-order valence-electron chi connectivity index (χ4n) is 3.49. The van der Waals surface area contributed by atoms with Crippen LogP contribution >= 0.6 is 11.6 Å². The molecule has 31 heavy (non-hydrogen) atoms. The van der Waals surface area contributed by atoms with Crippen LogP contribution in [0.2, 0.25) is 5.02 Å². The summed E-state index contributed by atoms with van der Waals surface area (Å²) in [5, 5.41) is 4.02. The first-order valence-electron chi connectivity index (χ1n) is 9.73. The molecule has 4 rings (SSSR count). The van der Waals surface area contributed by atoms with Crippen molar-refractivity contribution in [1.82, 2.24) is 14.9 Å².